The quantitative estimate of drug-likeness (QED) is 0.0486. The first-order chi connectivity index (χ1) is 57.1. The largest absolute Gasteiger partial charge is 0.480 e. The molecule has 6 aromatic carbocycles. The summed E-state index contributed by atoms with van der Waals surface area (Å²) in [6.07, 6.45) is 0.312. The summed E-state index contributed by atoms with van der Waals surface area (Å²) in [4.78, 5) is 55.0. The van der Waals surface area contributed by atoms with Crippen LogP contribution < -0.4 is 4.90 Å². The van der Waals surface area contributed by atoms with Gasteiger partial charge in [0.2, 0.25) is 10.0 Å². The number of rotatable bonds is 17. The first-order valence-electron chi connectivity index (χ1n) is 38.1. The van der Waals surface area contributed by atoms with Crippen molar-refractivity contribution in [2.45, 2.75) is 155 Å². The Morgan fingerprint density at radius 1 is 0.426 bits per heavy atom. The number of hydrogen-bond donors (Lipinski definition) is 4. The number of aliphatic carboxylic acids is 4. The van der Waals surface area contributed by atoms with E-state index in [9.17, 15) is 113 Å². The predicted octanol–water partition coefficient (Wildman–Crippen LogP) is 14.5. The third kappa shape index (κ3) is 16.9. The molecule has 23 nitrogen and oxygen atoms in total. The summed E-state index contributed by atoms with van der Waals surface area (Å²) in [5, 5.41) is 39.1. The summed E-state index contributed by atoms with van der Waals surface area (Å²) in [7, 11) is -12.1. The first-order valence-corrected chi connectivity index (χ1v) is 44.7. The maximum Gasteiger partial charge on any atom is 0.323 e. The lowest BCUT2D eigenvalue weighted by atomic mass is 9.97. The molecule has 4 aliphatic heterocycles. The number of sulfone groups is 2. The summed E-state index contributed by atoms with van der Waals surface area (Å²) in [6, 6.07) is 30.4. The highest BCUT2D eigenvalue weighted by atomic mass is 32.2. The SMILES string of the molecule is C=S1(=O)CCC(F)(F)c2cc(Cc3c(C)n(CC(=O)O)c4ccc(F)cc34)ccc21.Cc1c(Cc2ccc3c(c2)C(F)(F)CCS3(=O)=O)c2cc(F)ccc2n1CC(=O)O.Cc1c(Cc2ccc3c(n2)C(F)(F)CCS3(=O)=O)c2cc(F)ccc2n1CC(=O)O.Cc1c(Cc2ccc3c(n2)N(C)CN(C2CC2)S3(=O)=O)c2cc(F)ccc2n1CC(=O)O. The highest BCUT2D eigenvalue weighted by Crippen LogP contribution is 2.47. The Balaban J connectivity index is 0.000000133. The van der Waals surface area contributed by atoms with Gasteiger partial charge < -0.3 is 43.6 Å². The normalized spacial score (nSPS) is 18.1. The number of sulfonamides is 1. The summed E-state index contributed by atoms with van der Waals surface area (Å²) in [6.45, 7) is 5.95. The number of carboxylic acid groups (broad SMARTS) is 4. The van der Waals surface area contributed by atoms with Crippen molar-refractivity contribution in [3.63, 3.8) is 0 Å². The molecule has 1 fully saturated rings. The van der Waals surface area contributed by atoms with E-state index in [-0.39, 0.29) is 89.8 Å². The summed E-state index contributed by atoms with van der Waals surface area (Å²) in [5.74, 6) is -13.1. The van der Waals surface area contributed by atoms with E-state index in [1.54, 1.807) is 61.1 Å². The van der Waals surface area contributed by atoms with E-state index in [4.69, 9.17) is 0 Å². The molecule has 0 amide bonds. The topological polar surface area (TPSA) is 321 Å². The van der Waals surface area contributed by atoms with Crippen LogP contribution in [0.3, 0.4) is 0 Å². The Hall–Kier alpha value is -11.4. The Bertz CT molecular complexity index is 6400. The highest BCUT2D eigenvalue weighted by molar-refractivity contribution is 8.00. The van der Waals surface area contributed by atoms with Crippen LogP contribution in [0.5, 0.6) is 0 Å². The minimum absolute atomic E-state index is 0.0157. The van der Waals surface area contributed by atoms with Crippen molar-refractivity contribution in [2.24, 2.45) is 0 Å². The lowest BCUT2D eigenvalue weighted by molar-refractivity contribution is -0.138. The zero-order valence-electron chi connectivity index (χ0n) is 65.8. The van der Waals surface area contributed by atoms with Crippen molar-refractivity contribution in [2.75, 3.05) is 35.9 Å². The number of fused-ring (bicyclic) bond motifs is 8. The molecule has 1 unspecified atom stereocenters. The average Bonchev–Trinajstić information content (AvgIpc) is 1.18. The fourth-order valence-electron chi connectivity index (χ4n) is 16.5. The van der Waals surface area contributed by atoms with Crippen molar-refractivity contribution in [3.05, 3.63) is 241 Å². The number of alkyl halides is 6. The highest BCUT2D eigenvalue weighted by Gasteiger charge is 2.47. The Kier molecular flexibility index (Phi) is 22.9. The molecule has 37 heteroatoms. The van der Waals surface area contributed by atoms with Gasteiger partial charge in [-0.1, -0.05) is 12.1 Å². The summed E-state index contributed by atoms with van der Waals surface area (Å²) < 4.78 is 237. The fraction of sp³-hybridized carbons (Fsp3) is 0.306. The Morgan fingerprint density at radius 2 is 0.762 bits per heavy atom. The van der Waals surface area contributed by atoms with Gasteiger partial charge in [-0.3, -0.25) is 23.4 Å². The number of carboxylic acids is 4. The molecule has 1 atom stereocenters. The van der Waals surface area contributed by atoms with Gasteiger partial charge in [0.25, 0.3) is 17.8 Å². The van der Waals surface area contributed by atoms with Gasteiger partial charge in [-0.2, -0.15) is 13.1 Å². The molecule has 12 aromatic rings. The molecule has 1 saturated carbocycles. The van der Waals surface area contributed by atoms with Crippen molar-refractivity contribution in [1.82, 2.24) is 32.5 Å². The number of halogens is 10. The lowest BCUT2D eigenvalue weighted by Gasteiger charge is -2.34. The van der Waals surface area contributed by atoms with Crippen LogP contribution in [0.1, 0.15) is 116 Å². The smallest absolute Gasteiger partial charge is 0.323 e. The van der Waals surface area contributed by atoms with Crippen molar-refractivity contribution < 1.29 is 113 Å². The number of carbonyl (C=O) groups is 4. The van der Waals surface area contributed by atoms with Crippen LogP contribution in [0.15, 0.2) is 153 Å². The van der Waals surface area contributed by atoms with E-state index in [0.29, 0.717) is 112 Å². The van der Waals surface area contributed by atoms with Crippen LogP contribution in [0.25, 0.3) is 43.6 Å². The molecule has 0 bridgehead atoms. The Morgan fingerprint density at radius 3 is 1.16 bits per heavy atom. The molecule has 642 valence electrons. The summed E-state index contributed by atoms with van der Waals surface area (Å²) >= 11 is 0. The molecule has 6 aromatic heterocycles. The van der Waals surface area contributed by atoms with Gasteiger partial charge in [0.15, 0.2) is 19.7 Å². The average molecular weight is 1770 g/mol. The molecular formula is C85H78F10N8O15S4. The van der Waals surface area contributed by atoms with E-state index in [1.807, 2.05) is 11.9 Å². The van der Waals surface area contributed by atoms with Gasteiger partial charge >= 0.3 is 23.9 Å². The predicted molar refractivity (Wildman–Crippen MR) is 433 cm³/mol. The van der Waals surface area contributed by atoms with Crippen LogP contribution >= 0.6 is 0 Å². The second-order valence-corrected chi connectivity index (χ2v) is 39.4. The van der Waals surface area contributed by atoms with Crippen molar-refractivity contribution in [3.8, 4) is 0 Å². The van der Waals surface area contributed by atoms with Crippen LogP contribution in [0.2, 0.25) is 0 Å². The van der Waals surface area contributed by atoms with E-state index < -0.39 is 151 Å². The van der Waals surface area contributed by atoms with Gasteiger partial charge in [0.05, 0.1) is 28.0 Å². The molecule has 0 spiro atoms. The van der Waals surface area contributed by atoms with E-state index in [0.717, 1.165) is 24.5 Å². The monoisotopic (exact) mass is 1770 g/mol. The third-order valence-electron chi connectivity index (χ3n) is 22.8. The van der Waals surface area contributed by atoms with Crippen LogP contribution in [-0.2, 0) is 128 Å². The number of nitrogens with zero attached hydrogens (tertiary/aromatic N) is 8. The number of benzene rings is 6. The molecule has 122 heavy (non-hydrogen) atoms. The minimum Gasteiger partial charge on any atom is -0.480 e. The maximum absolute atomic E-state index is 14.5. The van der Waals surface area contributed by atoms with Gasteiger partial charge in [-0.05, 0) is 223 Å². The molecule has 5 aliphatic rings. The van der Waals surface area contributed by atoms with E-state index in [1.165, 1.54) is 117 Å². The van der Waals surface area contributed by atoms with Crippen LogP contribution in [0.4, 0.5) is 49.7 Å². The molecule has 0 radical (unpaired) electrons. The van der Waals surface area contributed by atoms with Gasteiger partial charge in [-0.25, -0.2) is 70.3 Å². The standard InChI is InChI=1S/C22H20F3NO3S.C22H23FN4O4S.C21H18F3NO4S.C20H17F3N2O4S/c1-13-16(17-11-15(23)4-5-19(17)26(13)12-21(27)28)9-14-3-6-20-18(10-14)22(24,25)7-8-30(20,2)29;1-13-17(18-9-14(23)3-7-19(18)26(13)11-21(28)29)10-15-4-8-20-22(24-15)25(2)12-27(16-5-6-16)32(20,30)31;1-12-15(16-10-14(22)3-4-18(16)25(12)11-20(26)27)8-13-2-5-19-17(9-13)21(23,24)6-7-30(19,28)29;1-11-14(15-8-12(21)2-4-16(15)25(11)10-18(26)27)9-13-3-5-17-19(24-13)20(22,23)6-7-30(17,28)29/h3-6,10-11H,2,7-9,12H2,1H3,(H,27,28);3-4,7-9,16H,5-6,10-12H2,1-2H3,(H,28,29);2-5,9-10H,6-8,11H2,1H3,(H,26,27);2-5,8H,6-7,9-10H2,1H3,(H,26,27). The molecule has 17 rings (SSSR count). The number of aromatic nitrogens is 6. The number of anilines is 1. The van der Waals surface area contributed by atoms with Crippen molar-refractivity contribution >= 4 is 118 Å². The summed E-state index contributed by atoms with van der Waals surface area (Å²) in [5.41, 5.74) is 7.51. The van der Waals surface area contributed by atoms with E-state index in [2.05, 4.69) is 15.8 Å². The zero-order chi connectivity index (χ0) is 88.3. The third-order valence-corrected chi connectivity index (χ3v) is 30.2. The molecule has 0 saturated heterocycles. The second kappa shape index (κ2) is 32.1. The maximum atomic E-state index is 14.5. The molecule has 10 heterocycles. The fourth-order valence-corrected chi connectivity index (χ4v) is 23.1. The van der Waals surface area contributed by atoms with Gasteiger partial charge in [0, 0.05) is 145 Å². The van der Waals surface area contributed by atoms with Crippen LogP contribution in [-0.4, -0.2) is 149 Å². The molecule has 4 N–H and O–H groups in total. The van der Waals surface area contributed by atoms with Crippen LogP contribution in [0, 0.1) is 51.0 Å². The lowest BCUT2D eigenvalue weighted by Crippen LogP contribution is -2.46. The number of hydrogen-bond acceptors (Lipinski definition) is 14. The van der Waals surface area contributed by atoms with Gasteiger partial charge in [-0.15, -0.1) is 0 Å². The van der Waals surface area contributed by atoms with E-state index >= 15 is 0 Å². The van der Waals surface area contributed by atoms with Gasteiger partial charge in [0.1, 0.15) is 65.9 Å². The minimum atomic E-state index is -3.82. The second-order valence-electron chi connectivity index (χ2n) is 30.9. The van der Waals surface area contributed by atoms with Crippen molar-refractivity contribution in [1.29, 1.82) is 0 Å². The molecule has 1 aliphatic carbocycles. The first kappa shape index (κ1) is 87.0. The molecular weight excluding hydrogens is 1690 g/mol. The Labute approximate surface area is 692 Å². The zero-order valence-corrected chi connectivity index (χ0v) is 69.0. The number of pyridine rings is 2.